The minimum absolute atomic E-state index is 0.0326. The molecule has 0 radical (unpaired) electrons. The van der Waals surface area contributed by atoms with Crippen LogP contribution in [0.15, 0.2) is 24.3 Å². The molecule has 0 spiro atoms. The van der Waals surface area contributed by atoms with E-state index in [-0.39, 0.29) is 23.8 Å². The summed E-state index contributed by atoms with van der Waals surface area (Å²) in [7, 11) is 0. The highest BCUT2D eigenvalue weighted by molar-refractivity contribution is 6.02. The number of carbonyl (C=O) groups excluding carboxylic acids is 2. The average molecular weight is 301 g/mol. The third-order valence-electron chi connectivity index (χ3n) is 4.45. The number of hydrogen-bond donors (Lipinski definition) is 0. The fraction of sp³-hybridized carbons (Fsp3) is 0.556. The quantitative estimate of drug-likeness (QED) is 0.798. The van der Waals surface area contributed by atoms with Gasteiger partial charge >= 0.3 is 6.09 Å². The van der Waals surface area contributed by atoms with Gasteiger partial charge in [-0.15, -0.1) is 0 Å². The second-order valence-electron chi connectivity index (χ2n) is 7.22. The maximum atomic E-state index is 12.7. The monoisotopic (exact) mass is 301 g/mol. The van der Waals surface area contributed by atoms with Crippen LogP contribution in [0.25, 0.3) is 0 Å². The summed E-state index contributed by atoms with van der Waals surface area (Å²) in [6, 6.07) is 7.74. The van der Waals surface area contributed by atoms with E-state index in [1.807, 2.05) is 45.0 Å². The largest absolute Gasteiger partial charge is 0.444 e. The average Bonchev–Trinajstić information content (AvgIpc) is 3.02. The van der Waals surface area contributed by atoms with Crippen LogP contribution in [0, 0.1) is 5.92 Å². The summed E-state index contributed by atoms with van der Waals surface area (Å²) in [5, 5.41) is 0. The van der Waals surface area contributed by atoms with Crippen molar-refractivity contribution in [2.24, 2.45) is 5.92 Å². The molecule has 22 heavy (non-hydrogen) atoms. The molecule has 1 aliphatic carbocycles. The Morgan fingerprint density at radius 1 is 1.27 bits per heavy atom. The zero-order valence-electron chi connectivity index (χ0n) is 13.5. The predicted molar refractivity (Wildman–Crippen MR) is 83.9 cm³/mol. The molecule has 2 atom stereocenters. The van der Waals surface area contributed by atoms with Crippen LogP contribution >= 0.6 is 0 Å². The summed E-state index contributed by atoms with van der Waals surface area (Å²) in [6.45, 7) is 6.28. The van der Waals surface area contributed by atoms with Crippen molar-refractivity contribution in [2.45, 2.75) is 51.7 Å². The molecule has 1 fully saturated rings. The second-order valence-corrected chi connectivity index (χ2v) is 7.22. The van der Waals surface area contributed by atoms with Gasteiger partial charge in [0.25, 0.3) is 0 Å². The standard InChI is InChI=1S/C18H23NO3/c1-18(2,3)22-17(21)19-10-6-9-15(19)14-11-12-7-4-5-8-13(12)16(14)20/h4-5,7-8,14-15H,6,9-11H2,1-3H3. The lowest BCUT2D eigenvalue weighted by Crippen LogP contribution is -2.44. The molecule has 1 saturated heterocycles. The molecule has 4 heteroatoms. The van der Waals surface area contributed by atoms with E-state index in [9.17, 15) is 9.59 Å². The van der Waals surface area contributed by atoms with E-state index < -0.39 is 5.60 Å². The number of fused-ring (bicyclic) bond motifs is 1. The van der Waals surface area contributed by atoms with Crippen molar-refractivity contribution < 1.29 is 14.3 Å². The van der Waals surface area contributed by atoms with Crippen LogP contribution in [-0.2, 0) is 11.2 Å². The summed E-state index contributed by atoms with van der Waals surface area (Å²) in [6.07, 6.45) is 2.26. The van der Waals surface area contributed by atoms with Gasteiger partial charge in [-0.25, -0.2) is 4.79 Å². The molecule has 2 aliphatic rings. The third kappa shape index (κ3) is 2.74. The Morgan fingerprint density at radius 3 is 2.68 bits per heavy atom. The second kappa shape index (κ2) is 5.41. The Bertz CT molecular complexity index is 603. The maximum absolute atomic E-state index is 12.7. The Balaban J connectivity index is 1.78. The normalized spacial score (nSPS) is 24.5. The first-order chi connectivity index (χ1) is 10.4. The molecule has 0 aromatic heterocycles. The zero-order valence-corrected chi connectivity index (χ0v) is 13.5. The molecular formula is C18H23NO3. The minimum Gasteiger partial charge on any atom is -0.444 e. The van der Waals surface area contributed by atoms with Crippen molar-refractivity contribution in [3.8, 4) is 0 Å². The van der Waals surface area contributed by atoms with E-state index in [0.717, 1.165) is 30.4 Å². The van der Waals surface area contributed by atoms with Crippen LogP contribution in [0.4, 0.5) is 4.79 Å². The van der Waals surface area contributed by atoms with E-state index in [2.05, 4.69) is 0 Å². The van der Waals surface area contributed by atoms with E-state index in [0.29, 0.717) is 6.54 Å². The first-order valence-corrected chi connectivity index (χ1v) is 7.98. The fourth-order valence-corrected chi connectivity index (χ4v) is 3.54. The topological polar surface area (TPSA) is 46.6 Å². The van der Waals surface area contributed by atoms with Gasteiger partial charge < -0.3 is 9.64 Å². The Hall–Kier alpha value is -1.84. The number of carbonyl (C=O) groups is 2. The number of nitrogens with zero attached hydrogens (tertiary/aromatic N) is 1. The highest BCUT2D eigenvalue weighted by atomic mass is 16.6. The lowest BCUT2D eigenvalue weighted by molar-refractivity contribution is 0.0185. The molecule has 0 N–H and O–H groups in total. The molecule has 4 nitrogen and oxygen atoms in total. The highest BCUT2D eigenvalue weighted by Gasteiger charge is 2.43. The molecule has 1 amide bonds. The molecule has 118 valence electrons. The zero-order chi connectivity index (χ0) is 15.9. The first-order valence-electron chi connectivity index (χ1n) is 7.98. The van der Waals surface area contributed by atoms with Gasteiger partial charge in [0.2, 0.25) is 0 Å². The molecule has 0 saturated carbocycles. The van der Waals surface area contributed by atoms with Gasteiger partial charge in [0, 0.05) is 24.1 Å². The summed E-state index contributed by atoms with van der Waals surface area (Å²) < 4.78 is 5.50. The molecular weight excluding hydrogens is 278 g/mol. The summed E-state index contributed by atoms with van der Waals surface area (Å²) in [4.78, 5) is 26.8. The smallest absolute Gasteiger partial charge is 0.410 e. The molecule has 1 aromatic carbocycles. The number of likely N-dealkylation sites (tertiary alicyclic amines) is 1. The van der Waals surface area contributed by atoms with E-state index >= 15 is 0 Å². The van der Waals surface area contributed by atoms with Crippen molar-refractivity contribution in [1.29, 1.82) is 0 Å². The van der Waals surface area contributed by atoms with Gasteiger partial charge in [0.1, 0.15) is 5.60 Å². The molecule has 1 heterocycles. The number of benzene rings is 1. The van der Waals surface area contributed by atoms with Crippen LogP contribution in [0.1, 0.15) is 49.5 Å². The molecule has 3 rings (SSSR count). The molecule has 1 aliphatic heterocycles. The number of rotatable bonds is 1. The van der Waals surface area contributed by atoms with Crippen molar-refractivity contribution in [3.63, 3.8) is 0 Å². The lowest BCUT2D eigenvalue weighted by atomic mass is 9.93. The van der Waals surface area contributed by atoms with Gasteiger partial charge in [0.15, 0.2) is 5.78 Å². The van der Waals surface area contributed by atoms with Gasteiger partial charge in [-0.2, -0.15) is 0 Å². The van der Waals surface area contributed by atoms with Gasteiger partial charge in [-0.1, -0.05) is 24.3 Å². The Labute approximate surface area is 131 Å². The lowest BCUT2D eigenvalue weighted by Gasteiger charge is -2.31. The molecule has 0 bridgehead atoms. The summed E-state index contributed by atoms with van der Waals surface area (Å²) in [5.41, 5.74) is 1.42. The highest BCUT2D eigenvalue weighted by Crippen LogP contribution is 2.35. The van der Waals surface area contributed by atoms with Gasteiger partial charge in [-0.05, 0) is 45.6 Å². The van der Waals surface area contributed by atoms with Crippen molar-refractivity contribution in [3.05, 3.63) is 35.4 Å². The fourth-order valence-electron chi connectivity index (χ4n) is 3.54. The van der Waals surface area contributed by atoms with E-state index in [4.69, 9.17) is 4.74 Å². The third-order valence-corrected chi connectivity index (χ3v) is 4.45. The van der Waals surface area contributed by atoms with Crippen LogP contribution in [0.3, 0.4) is 0 Å². The number of Topliss-reactive ketones (excluding diaryl/α,β-unsaturated/α-hetero) is 1. The van der Waals surface area contributed by atoms with E-state index in [1.54, 1.807) is 4.90 Å². The first kappa shape index (κ1) is 15.1. The minimum atomic E-state index is -0.507. The number of ketones is 1. The van der Waals surface area contributed by atoms with E-state index in [1.165, 1.54) is 0 Å². The summed E-state index contributed by atoms with van der Waals surface area (Å²) >= 11 is 0. The van der Waals surface area contributed by atoms with Crippen LogP contribution in [0.2, 0.25) is 0 Å². The maximum Gasteiger partial charge on any atom is 0.410 e. The predicted octanol–water partition coefficient (Wildman–Crippen LogP) is 3.44. The molecule has 2 unspecified atom stereocenters. The Morgan fingerprint density at radius 2 is 2.00 bits per heavy atom. The van der Waals surface area contributed by atoms with Crippen molar-refractivity contribution >= 4 is 11.9 Å². The van der Waals surface area contributed by atoms with Crippen molar-refractivity contribution in [2.75, 3.05) is 6.54 Å². The van der Waals surface area contributed by atoms with Crippen molar-refractivity contribution in [1.82, 2.24) is 4.90 Å². The van der Waals surface area contributed by atoms with Crippen LogP contribution < -0.4 is 0 Å². The van der Waals surface area contributed by atoms with Crippen LogP contribution in [-0.4, -0.2) is 35.0 Å². The van der Waals surface area contributed by atoms with Gasteiger partial charge in [-0.3, -0.25) is 4.79 Å². The van der Waals surface area contributed by atoms with Crippen LogP contribution in [0.5, 0.6) is 0 Å². The number of hydrogen-bond acceptors (Lipinski definition) is 3. The Kier molecular flexibility index (Phi) is 3.71. The number of amides is 1. The number of ether oxygens (including phenoxy) is 1. The molecule has 1 aromatic rings. The van der Waals surface area contributed by atoms with Gasteiger partial charge in [0.05, 0.1) is 0 Å². The summed E-state index contributed by atoms with van der Waals surface area (Å²) in [5.74, 6) is 0.0588. The SMILES string of the molecule is CC(C)(C)OC(=O)N1CCCC1C1Cc2ccccc2C1=O.